The lowest BCUT2D eigenvalue weighted by Gasteiger charge is -2.26. The zero-order valence-electron chi connectivity index (χ0n) is 11.1. The highest BCUT2D eigenvalue weighted by Gasteiger charge is 2.25. The summed E-state index contributed by atoms with van der Waals surface area (Å²) >= 11 is 5.67. The molecule has 0 radical (unpaired) electrons. The van der Waals surface area contributed by atoms with Gasteiger partial charge in [-0.1, -0.05) is 11.6 Å². The molecule has 1 saturated heterocycles. The molecule has 0 unspecified atom stereocenters. The first-order chi connectivity index (χ1) is 9.41. The average Bonchev–Trinajstić information content (AvgIpc) is 2.42. The molecule has 0 amide bonds. The van der Waals surface area contributed by atoms with Gasteiger partial charge in [0.15, 0.2) is 0 Å². The van der Waals surface area contributed by atoms with E-state index in [-0.39, 0.29) is 9.92 Å². The van der Waals surface area contributed by atoms with Crippen molar-refractivity contribution in [3.8, 4) is 0 Å². The smallest absolute Gasteiger partial charge is 0.266 e. The molecule has 20 heavy (non-hydrogen) atoms. The number of hydrogen-bond donors (Lipinski definition) is 1. The van der Waals surface area contributed by atoms with E-state index in [1.807, 2.05) is 0 Å². The van der Waals surface area contributed by atoms with Gasteiger partial charge in [0.05, 0.1) is 4.90 Å². The number of halogens is 1. The molecule has 1 aliphatic rings. The number of nitrogens with one attached hydrogen (secondary N) is 1. The topological polar surface area (TPSA) is 79.5 Å². The highest BCUT2D eigenvalue weighted by atomic mass is 35.5. The Hall–Kier alpha value is -0.890. The highest BCUT2D eigenvalue weighted by Crippen LogP contribution is 2.20. The minimum atomic E-state index is -3.64. The SMILES string of the molecule is CN(CC1CCOCC1)S(=O)(=O)c1c[nH]c(=O)c(Cl)c1. The Bertz CT molecular complexity index is 623. The van der Waals surface area contributed by atoms with Crippen LogP contribution in [0.3, 0.4) is 0 Å². The van der Waals surface area contributed by atoms with Gasteiger partial charge in [-0.2, -0.15) is 0 Å². The molecule has 0 saturated carbocycles. The van der Waals surface area contributed by atoms with Crippen molar-refractivity contribution in [2.24, 2.45) is 5.92 Å². The van der Waals surface area contributed by atoms with Gasteiger partial charge in [0.1, 0.15) is 5.02 Å². The Morgan fingerprint density at radius 2 is 2.10 bits per heavy atom. The van der Waals surface area contributed by atoms with Crippen molar-refractivity contribution in [1.29, 1.82) is 0 Å². The van der Waals surface area contributed by atoms with Gasteiger partial charge in [-0.25, -0.2) is 12.7 Å². The summed E-state index contributed by atoms with van der Waals surface area (Å²) in [7, 11) is -2.11. The van der Waals surface area contributed by atoms with Gasteiger partial charge in [0, 0.05) is 33.0 Å². The summed E-state index contributed by atoms with van der Waals surface area (Å²) in [5.74, 6) is 0.293. The van der Waals surface area contributed by atoms with Crippen LogP contribution in [0.1, 0.15) is 12.8 Å². The molecule has 1 aromatic rings. The number of aromatic nitrogens is 1. The molecule has 2 heterocycles. The predicted molar refractivity (Wildman–Crippen MR) is 75.4 cm³/mol. The number of ether oxygens (including phenoxy) is 1. The molecule has 6 nitrogen and oxygen atoms in total. The Balaban J connectivity index is 2.15. The van der Waals surface area contributed by atoms with E-state index in [0.717, 1.165) is 12.8 Å². The first kappa shape index (κ1) is 15.5. The van der Waals surface area contributed by atoms with Crippen molar-refractivity contribution in [3.05, 3.63) is 27.6 Å². The van der Waals surface area contributed by atoms with Crippen molar-refractivity contribution in [2.45, 2.75) is 17.7 Å². The van der Waals surface area contributed by atoms with E-state index < -0.39 is 15.6 Å². The van der Waals surface area contributed by atoms with Crippen LogP contribution in [0.4, 0.5) is 0 Å². The van der Waals surface area contributed by atoms with E-state index in [1.54, 1.807) is 0 Å². The zero-order valence-corrected chi connectivity index (χ0v) is 12.7. The number of H-pyrrole nitrogens is 1. The Labute approximate surface area is 122 Å². The number of sulfonamides is 1. The fraction of sp³-hybridized carbons (Fsp3) is 0.583. The average molecular weight is 321 g/mol. The highest BCUT2D eigenvalue weighted by molar-refractivity contribution is 7.89. The fourth-order valence-electron chi connectivity index (χ4n) is 2.16. The van der Waals surface area contributed by atoms with Crippen LogP contribution in [0.15, 0.2) is 22.0 Å². The maximum Gasteiger partial charge on any atom is 0.266 e. The molecule has 0 aliphatic carbocycles. The van der Waals surface area contributed by atoms with Crippen LogP contribution in [0, 0.1) is 5.92 Å². The van der Waals surface area contributed by atoms with Crippen LogP contribution in [-0.2, 0) is 14.8 Å². The van der Waals surface area contributed by atoms with Gasteiger partial charge in [0.2, 0.25) is 10.0 Å². The molecule has 1 N–H and O–H groups in total. The van der Waals surface area contributed by atoms with Crippen molar-refractivity contribution in [3.63, 3.8) is 0 Å². The van der Waals surface area contributed by atoms with E-state index in [1.165, 1.54) is 23.6 Å². The maximum atomic E-state index is 12.4. The maximum absolute atomic E-state index is 12.4. The molecular formula is C12H17ClN2O4S. The lowest BCUT2D eigenvalue weighted by atomic mass is 10.0. The molecule has 0 aromatic carbocycles. The number of rotatable bonds is 4. The van der Waals surface area contributed by atoms with Crippen molar-refractivity contribution in [2.75, 3.05) is 26.8 Å². The van der Waals surface area contributed by atoms with E-state index in [9.17, 15) is 13.2 Å². The second-order valence-corrected chi connectivity index (χ2v) is 7.31. The van der Waals surface area contributed by atoms with Crippen LogP contribution in [-0.4, -0.2) is 44.5 Å². The van der Waals surface area contributed by atoms with Gasteiger partial charge >= 0.3 is 0 Å². The molecule has 1 fully saturated rings. The molecule has 0 atom stereocenters. The number of aromatic amines is 1. The van der Waals surface area contributed by atoms with E-state index in [4.69, 9.17) is 16.3 Å². The molecule has 2 rings (SSSR count). The second-order valence-electron chi connectivity index (χ2n) is 4.85. The first-order valence-corrected chi connectivity index (χ1v) is 8.15. The van der Waals surface area contributed by atoms with Gasteiger partial charge in [-0.15, -0.1) is 0 Å². The normalized spacial score (nSPS) is 17.6. The van der Waals surface area contributed by atoms with E-state index in [2.05, 4.69) is 4.98 Å². The summed E-state index contributed by atoms with van der Waals surface area (Å²) in [6, 6.07) is 1.18. The minimum Gasteiger partial charge on any atom is -0.381 e. The Morgan fingerprint density at radius 1 is 1.45 bits per heavy atom. The lowest BCUT2D eigenvalue weighted by Crippen LogP contribution is -2.34. The van der Waals surface area contributed by atoms with Gasteiger partial charge < -0.3 is 9.72 Å². The van der Waals surface area contributed by atoms with Crippen molar-refractivity contribution >= 4 is 21.6 Å². The summed E-state index contributed by atoms with van der Waals surface area (Å²) in [6.45, 7) is 1.77. The van der Waals surface area contributed by atoms with Crippen LogP contribution < -0.4 is 5.56 Å². The van der Waals surface area contributed by atoms with E-state index in [0.29, 0.717) is 25.7 Å². The van der Waals surface area contributed by atoms with E-state index >= 15 is 0 Å². The first-order valence-electron chi connectivity index (χ1n) is 6.33. The molecule has 112 valence electrons. The van der Waals surface area contributed by atoms with Crippen molar-refractivity contribution < 1.29 is 13.2 Å². The van der Waals surface area contributed by atoms with Gasteiger partial charge in [-0.05, 0) is 24.8 Å². The standard InChI is InChI=1S/C12H17ClN2O4S/c1-15(8-9-2-4-19-5-3-9)20(17,18)10-6-11(13)12(16)14-7-10/h6-7,9H,2-5,8H2,1H3,(H,14,16). The number of hydrogen-bond acceptors (Lipinski definition) is 4. The molecule has 1 aromatic heterocycles. The molecule has 8 heteroatoms. The van der Waals surface area contributed by atoms with Gasteiger partial charge in [0.25, 0.3) is 5.56 Å². The summed E-state index contributed by atoms with van der Waals surface area (Å²) in [4.78, 5) is 13.5. The predicted octanol–water partition coefficient (Wildman–Crippen LogP) is 1.08. The zero-order chi connectivity index (χ0) is 14.8. The summed E-state index contributed by atoms with van der Waals surface area (Å²) in [5, 5.41) is -0.134. The third-order valence-corrected chi connectivity index (χ3v) is 5.48. The Morgan fingerprint density at radius 3 is 2.70 bits per heavy atom. The lowest BCUT2D eigenvalue weighted by molar-refractivity contribution is 0.0620. The molecule has 0 spiro atoms. The van der Waals surface area contributed by atoms with Gasteiger partial charge in [-0.3, -0.25) is 4.79 Å². The summed E-state index contributed by atoms with van der Waals surface area (Å²) in [5.41, 5.74) is -0.502. The second kappa shape index (κ2) is 6.26. The monoisotopic (exact) mass is 320 g/mol. The van der Waals surface area contributed by atoms with Crippen LogP contribution in [0.25, 0.3) is 0 Å². The van der Waals surface area contributed by atoms with Crippen molar-refractivity contribution in [1.82, 2.24) is 9.29 Å². The molecule has 0 bridgehead atoms. The molecular weight excluding hydrogens is 304 g/mol. The third kappa shape index (κ3) is 3.41. The summed E-state index contributed by atoms with van der Waals surface area (Å²) < 4.78 is 31.3. The largest absolute Gasteiger partial charge is 0.381 e. The third-order valence-electron chi connectivity index (χ3n) is 3.40. The minimum absolute atomic E-state index is 0.00309. The fourth-order valence-corrected chi connectivity index (χ4v) is 3.64. The number of pyridine rings is 1. The molecule has 1 aliphatic heterocycles. The Kier molecular flexibility index (Phi) is 4.85. The van der Waals surface area contributed by atoms with Crippen LogP contribution in [0.5, 0.6) is 0 Å². The van der Waals surface area contributed by atoms with Crippen LogP contribution in [0.2, 0.25) is 5.02 Å². The number of nitrogens with zero attached hydrogens (tertiary/aromatic N) is 1. The quantitative estimate of drug-likeness (QED) is 0.900. The summed E-state index contributed by atoms with van der Waals surface area (Å²) in [6.07, 6.45) is 2.88. The van der Waals surface area contributed by atoms with Crippen LogP contribution >= 0.6 is 11.6 Å².